The number of rotatable bonds is 2. The molecule has 0 unspecified atom stereocenters. The van der Waals surface area contributed by atoms with Gasteiger partial charge in [-0.3, -0.25) is 0 Å². The molecule has 2 aliphatic rings. The van der Waals surface area contributed by atoms with Crippen molar-refractivity contribution in [2.45, 2.75) is 17.7 Å². The molecule has 2 fully saturated rings. The van der Waals surface area contributed by atoms with Gasteiger partial charge >= 0.3 is 0 Å². The first-order valence-electron chi connectivity index (χ1n) is 8.82. The minimum absolute atomic E-state index is 0.0560. The van der Waals surface area contributed by atoms with Gasteiger partial charge in [-0.25, -0.2) is 18.4 Å². The lowest BCUT2D eigenvalue weighted by atomic mass is 9.80. The average molecular weight is 377 g/mol. The zero-order valence-electron chi connectivity index (χ0n) is 14.8. The summed E-state index contributed by atoms with van der Waals surface area (Å²) in [5.74, 6) is 0.775. The molecule has 1 aromatic carbocycles. The van der Waals surface area contributed by atoms with Crippen LogP contribution in [-0.4, -0.2) is 64.2 Å². The second-order valence-electron chi connectivity index (χ2n) is 7.23. The van der Waals surface area contributed by atoms with Gasteiger partial charge in [-0.05, 0) is 31.0 Å². The highest BCUT2D eigenvalue weighted by atomic mass is 32.2. The molecule has 2 aromatic rings. The molecule has 0 N–H and O–H groups in total. The van der Waals surface area contributed by atoms with Crippen molar-refractivity contribution in [2.24, 2.45) is 5.41 Å². The Morgan fingerprint density at radius 3 is 2.69 bits per heavy atom. The van der Waals surface area contributed by atoms with Gasteiger partial charge in [0.2, 0.25) is 0 Å². The fraction of sp³-hybridized carbons (Fsp3) is 0.556. The van der Waals surface area contributed by atoms with Gasteiger partial charge in [-0.2, -0.15) is 0 Å². The number of benzene rings is 1. The number of fused-ring (bicyclic) bond motifs is 1. The van der Waals surface area contributed by atoms with E-state index in [0.717, 1.165) is 62.5 Å². The van der Waals surface area contributed by atoms with Crippen molar-refractivity contribution in [3.63, 3.8) is 0 Å². The number of hydrogen-bond acceptors (Lipinski definition) is 7. The van der Waals surface area contributed by atoms with Gasteiger partial charge in [0.05, 0.1) is 23.6 Å². The highest BCUT2D eigenvalue weighted by Crippen LogP contribution is 2.36. The van der Waals surface area contributed by atoms with E-state index in [-0.39, 0.29) is 10.3 Å². The summed E-state index contributed by atoms with van der Waals surface area (Å²) in [6.07, 6.45) is 4.68. The summed E-state index contributed by atoms with van der Waals surface area (Å²) < 4.78 is 35.4. The van der Waals surface area contributed by atoms with Gasteiger partial charge in [0, 0.05) is 43.4 Å². The number of anilines is 1. The number of aromatic nitrogens is 2. The predicted octanol–water partition coefficient (Wildman–Crippen LogP) is 1.67. The maximum atomic E-state index is 12.0. The van der Waals surface area contributed by atoms with Crippen LogP contribution < -0.4 is 4.90 Å². The number of sulfone groups is 1. The van der Waals surface area contributed by atoms with E-state index in [4.69, 9.17) is 9.47 Å². The third kappa shape index (κ3) is 3.41. The Kier molecular flexibility index (Phi) is 4.58. The van der Waals surface area contributed by atoms with Crippen molar-refractivity contribution in [3.8, 4) is 0 Å². The van der Waals surface area contributed by atoms with E-state index in [9.17, 15) is 8.42 Å². The van der Waals surface area contributed by atoms with Crippen molar-refractivity contribution >= 4 is 26.6 Å². The van der Waals surface area contributed by atoms with Crippen molar-refractivity contribution in [3.05, 3.63) is 24.5 Å². The molecule has 0 saturated carbocycles. The quantitative estimate of drug-likeness (QED) is 0.787. The summed E-state index contributed by atoms with van der Waals surface area (Å²) in [5, 5.41) is 0.763. The van der Waals surface area contributed by atoms with Gasteiger partial charge < -0.3 is 14.4 Å². The second kappa shape index (κ2) is 6.75. The number of nitrogens with zero attached hydrogens (tertiary/aromatic N) is 3. The van der Waals surface area contributed by atoms with E-state index >= 15 is 0 Å². The van der Waals surface area contributed by atoms with Crippen molar-refractivity contribution < 1.29 is 17.9 Å². The van der Waals surface area contributed by atoms with E-state index in [2.05, 4.69) is 14.9 Å². The van der Waals surface area contributed by atoms with Crippen LogP contribution in [-0.2, 0) is 19.3 Å². The first-order valence-corrected chi connectivity index (χ1v) is 10.7. The Labute approximate surface area is 153 Å². The molecule has 2 aliphatic heterocycles. The van der Waals surface area contributed by atoms with Crippen LogP contribution in [0, 0.1) is 5.41 Å². The average Bonchev–Trinajstić information content (AvgIpc) is 2.83. The SMILES string of the molecule is CS(=O)(=O)c1ccc2ncnc(N3CCOCC4(CCOCC4)C3)c2c1. The molecule has 7 nitrogen and oxygen atoms in total. The van der Waals surface area contributed by atoms with Gasteiger partial charge in [0.15, 0.2) is 9.84 Å². The number of ether oxygens (including phenoxy) is 2. The third-order valence-electron chi connectivity index (χ3n) is 5.31. The monoisotopic (exact) mass is 377 g/mol. The second-order valence-corrected chi connectivity index (χ2v) is 9.25. The van der Waals surface area contributed by atoms with Crippen LogP contribution in [0.1, 0.15) is 12.8 Å². The molecule has 0 aliphatic carbocycles. The van der Waals surface area contributed by atoms with Crippen molar-refractivity contribution in [1.82, 2.24) is 9.97 Å². The fourth-order valence-electron chi connectivity index (χ4n) is 3.79. The van der Waals surface area contributed by atoms with E-state index < -0.39 is 9.84 Å². The first kappa shape index (κ1) is 17.6. The molecule has 0 bridgehead atoms. The predicted molar refractivity (Wildman–Crippen MR) is 98.2 cm³/mol. The smallest absolute Gasteiger partial charge is 0.175 e. The molecule has 0 amide bonds. The van der Waals surface area contributed by atoms with Crippen LogP contribution in [0.5, 0.6) is 0 Å². The van der Waals surface area contributed by atoms with Crippen molar-refractivity contribution in [1.29, 1.82) is 0 Å². The van der Waals surface area contributed by atoms with Crippen LogP contribution in [0.25, 0.3) is 10.9 Å². The zero-order chi connectivity index (χ0) is 18.2. The van der Waals surface area contributed by atoms with Gasteiger partial charge in [-0.1, -0.05) is 0 Å². The van der Waals surface area contributed by atoms with Gasteiger partial charge in [-0.15, -0.1) is 0 Å². The van der Waals surface area contributed by atoms with E-state index in [1.165, 1.54) is 6.26 Å². The number of hydrogen-bond donors (Lipinski definition) is 0. The summed E-state index contributed by atoms with van der Waals surface area (Å²) in [6, 6.07) is 5.03. The standard InChI is InChI=1S/C18H23N3O4S/c1-26(22,23)14-2-3-16-15(10-14)17(20-13-19-16)21-6-9-25-12-18(11-21)4-7-24-8-5-18/h2-3,10,13H,4-9,11-12H2,1H3. The maximum absolute atomic E-state index is 12.0. The van der Waals surface area contributed by atoms with Crippen LogP contribution in [0.3, 0.4) is 0 Å². The third-order valence-corrected chi connectivity index (χ3v) is 6.42. The first-order chi connectivity index (χ1) is 12.5. The molecular formula is C18H23N3O4S. The highest BCUT2D eigenvalue weighted by Gasteiger charge is 2.37. The minimum atomic E-state index is -3.29. The van der Waals surface area contributed by atoms with Crippen LogP contribution in [0.15, 0.2) is 29.4 Å². The molecule has 1 aromatic heterocycles. The summed E-state index contributed by atoms with van der Waals surface area (Å²) in [5.41, 5.74) is 0.800. The molecule has 3 heterocycles. The molecule has 0 atom stereocenters. The molecule has 8 heteroatoms. The van der Waals surface area contributed by atoms with E-state index in [1.54, 1.807) is 24.5 Å². The van der Waals surface area contributed by atoms with Crippen LogP contribution in [0.4, 0.5) is 5.82 Å². The lowest BCUT2D eigenvalue weighted by molar-refractivity contribution is -0.0240. The van der Waals surface area contributed by atoms with Crippen molar-refractivity contribution in [2.75, 3.05) is 50.7 Å². The van der Waals surface area contributed by atoms with Gasteiger partial charge in [0.1, 0.15) is 12.1 Å². The van der Waals surface area contributed by atoms with Crippen LogP contribution >= 0.6 is 0 Å². The molecular weight excluding hydrogens is 354 g/mol. The molecule has 1 spiro atoms. The summed E-state index contributed by atoms with van der Waals surface area (Å²) in [7, 11) is -3.29. The summed E-state index contributed by atoms with van der Waals surface area (Å²) in [6.45, 7) is 4.40. The summed E-state index contributed by atoms with van der Waals surface area (Å²) in [4.78, 5) is 11.3. The van der Waals surface area contributed by atoms with Gasteiger partial charge in [0.25, 0.3) is 0 Å². The highest BCUT2D eigenvalue weighted by molar-refractivity contribution is 7.90. The lowest BCUT2D eigenvalue weighted by Gasteiger charge is -2.38. The topological polar surface area (TPSA) is 81.6 Å². The van der Waals surface area contributed by atoms with Crippen LogP contribution in [0.2, 0.25) is 0 Å². The molecule has 2 saturated heterocycles. The Balaban J connectivity index is 1.77. The molecule has 140 valence electrons. The minimum Gasteiger partial charge on any atom is -0.381 e. The lowest BCUT2D eigenvalue weighted by Crippen LogP contribution is -2.42. The Hall–Kier alpha value is -1.77. The zero-order valence-corrected chi connectivity index (χ0v) is 15.7. The molecule has 26 heavy (non-hydrogen) atoms. The summed E-state index contributed by atoms with van der Waals surface area (Å²) >= 11 is 0. The van der Waals surface area contributed by atoms with E-state index in [0.29, 0.717) is 6.61 Å². The van der Waals surface area contributed by atoms with E-state index in [1.807, 2.05) is 0 Å². The Morgan fingerprint density at radius 2 is 1.92 bits per heavy atom. The Bertz CT molecular complexity index is 910. The Morgan fingerprint density at radius 1 is 1.12 bits per heavy atom. The largest absolute Gasteiger partial charge is 0.381 e. The fourth-order valence-corrected chi connectivity index (χ4v) is 4.43. The normalized spacial score (nSPS) is 21.0. The maximum Gasteiger partial charge on any atom is 0.175 e. The molecule has 0 radical (unpaired) electrons. The molecule has 4 rings (SSSR count).